The van der Waals surface area contributed by atoms with Gasteiger partial charge in [0.2, 0.25) is 0 Å². The topological polar surface area (TPSA) is 49.7 Å². The Labute approximate surface area is 109 Å². The van der Waals surface area contributed by atoms with Crippen LogP contribution in [0.2, 0.25) is 0 Å². The molecule has 1 unspecified atom stereocenters. The third kappa shape index (κ3) is 2.68. The lowest BCUT2D eigenvalue weighted by atomic mass is 9.84. The number of aliphatic hydroxyl groups is 2. The first kappa shape index (κ1) is 15.0. The van der Waals surface area contributed by atoms with Crippen LogP contribution in [0.5, 0.6) is 5.75 Å². The number of benzene rings is 1. The summed E-state index contributed by atoms with van der Waals surface area (Å²) in [6.07, 6.45) is 0.0745. The van der Waals surface area contributed by atoms with E-state index in [1.165, 1.54) is 0 Å². The van der Waals surface area contributed by atoms with Gasteiger partial charge in [-0.05, 0) is 43.9 Å². The summed E-state index contributed by atoms with van der Waals surface area (Å²) in [6, 6.07) is 3.88. The number of aliphatic hydroxyl groups excluding tert-OH is 1. The molecule has 3 heteroatoms. The zero-order chi connectivity index (χ0) is 13.9. The van der Waals surface area contributed by atoms with Crippen molar-refractivity contribution in [3.8, 4) is 5.75 Å². The summed E-state index contributed by atoms with van der Waals surface area (Å²) in [5, 5.41) is 21.0. The van der Waals surface area contributed by atoms with E-state index < -0.39 is 11.7 Å². The number of ether oxygens (including phenoxy) is 1. The molecular weight excluding hydrogens is 228 g/mol. The molecule has 0 aliphatic heterocycles. The SMILES string of the molecule is CCC(O)(CC)C(O)c1c(C)cc(C)cc1OC. The van der Waals surface area contributed by atoms with Crippen LogP contribution in [-0.4, -0.2) is 22.9 Å². The van der Waals surface area contributed by atoms with Crippen molar-refractivity contribution in [2.24, 2.45) is 0 Å². The van der Waals surface area contributed by atoms with Gasteiger partial charge in [0.1, 0.15) is 11.9 Å². The Hall–Kier alpha value is -1.06. The fourth-order valence-corrected chi connectivity index (χ4v) is 2.36. The lowest BCUT2D eigenvalue weighted by molar-refractivity contribution is -0.0830. The maximum atomic E-state index is 10.5. The number of hydrogen-bond donors (Lipinski definition) is 2. The van der Waals surface area contributed by atoms with Gasteiger partial charge in [0.25, 0.3) is 0 Å². The Bertz CT molecular complexity index is 408. The Balaban J connectivity index is 3.32. The van der Waals surface area contributed by atoms with Crippen LogP contribution in [0.4, 0.5) is 0 Å². The molecule has 1 aromatic carbocycles. The second kappa shape index (κ2) is 5.72. The highest BCUT2D eigenvalue weighted by Gasteiger charge is 2.35. The average molecular weight is 252 g/mol. The smallest absolute Gasteiger partial charge is 0.125 e. The van der Waals surface area contributed by atoms with Crippen LogP contribution in [0, 0.1) is 13.8 Å². The highest BCUT2D eigenvalue weighted by atomic mass is 16.5. The Kier molecular flexibility index (Phi) is 4.77. The van der Waals surface area contributed by atoms with Gasteiger partial charge in [0.15, 0.2) is 0 Å². The summed E-state index contributed by atoms with van der Waals surface area (Å²) >= 11 is 0. The van der Waals surface area contributed by atoms with E-state index in [1.54, 1.807) is 7.11 Å². The molecule has 102 valence electrons. The molecule has 0 aliphatic rings. The van der Waals surface area contributed by atoms with Crippen LogP contribution in [0.25, 0.3) is 0 Å². The Morgan fingerprint density at radius 3 is 2.22 bits per heavy atom. The molecule has 0 amide bonds. The minimum absolute atomic E-state index is 0.501. The molecule has 0 saturated heterocycles. The van der Waals surface area contributed by atoms with Crippen molar-refractivity contribution in [3.63, 3.8) is 0 Å². The molecule has 2 N–H and O–H groups in total. The van der Waals surface area contributed by atoms with Gasteiger partial charge in [-0.25, -0.2) is 0 Å². The van der Waals surface area contributed by atoms with Gasteiger partial charge < -0.3 is 14.9 Å². The van der Waals surface area contributed by atoms with E-state index in [9.17, 15) is 10.2 Å². The van der Waals surface area contributed by atoms with Crippen LogP contribution in [-0.2, 0) is 0 Å². The highest BCUT2D eigenvalue weighted by molar-refractivity contribution is 5.45. The number of rotatable bonds is 5. The third-order valence-electron chi connectivity index (χ3n) is 3.72. The summed E-state index contributed by atoms with van der Waals surface area (Å²) in [6.45, 7) is 7.67. The molecule has 0 aromatic heterocycles. The van der Waals surface area contributed by atoms with Crippen molar-refractivity contribution in [2.45, 2.75) is 52.2 Å². The fraction of sp³-hybridized carbons (Fsp3) is 0.600. The fourth-order valence-electron chi connectivity index (χ4n) is 2.36. The number of hydrogen-bond acceptors (Lipinski definition) is 3. The monoisotopic (exact) mass is 252 g/mol. The minimum atomic E-state index is -1.10. The molecule has 1 rings (SSSR count). The molecule has 0 fully saturated rings. The van der Waals surface area contributed by atoms with Crippen molar-refractivity contribution >= 4 is 0 Å². The number of methoxy groups -OCH3 is 1. The van der Waals surface area contributed by atoms with Gasteiger partial charge in [0, 0.05) is 5.56 Å². The van der Waals surface area contributed by atoms with E-state index >= 15 is 0 Å². The summed E-state index contributed by atoms with van der Waals surface area (Å²) in [4.78, 5) is 0. The molecule has 3 nitrogen and oxygen atoms in total. The van der Waals surface area contributed by atoms with E-state index in [1.807, 2.05) is 39.8 Å². The lowest BCUT2D eigenvalue weighted by Gasteiger charge is -2.33. The van der Waals surface area contributed by atoms with Crippen LogP contribution in [0.3, 0.4) is 0 Å². The van der Waals surface area contributed by atoms with Crippen LogP contribution in [0.15, 0.2) is 12.1 Å². The molecule has 0 spiro atoms. The van der Waals surface area contributed by atoms with Crippen molar-refractivity contribution in [3.05, 3.63) is 28.8 Å². The summed E-state index contributed by atoms with van der Waals surface area (Å²) in [5.41, 5.74) is 1.61. The second-order valence-corrected chi connectivity index (χ2v) is 4.91. The summed E-state index contributed by atoms with van der Waals surface area (Å²) < 4.78 is 5.34. The highest BCUT2D eigenvalue weighted by Crippen LogP contribution is 2.38. The van der Waals surface area contributed by atoms with Gasteiger partial charge in [-0.2, -0.15) is 0 Å². The standard InChI is InChI=1S/C15H24O3/c1-6-15(17,7-2)14(16)13-11(4)8-10(3)9-12(13)18-5/h8-9,14,16-17H,6-7H2,1-5H3. The van der Waals surface area contributed by atoms with Crippen molar-refractivity contribution in [1.82, 2.24) is 0 Å². The zero-order valence-corrected chi connectivity index (χ0v) is 11.9. The zero-order valence-electron chi connectivity index (χ0n) is 11.9. The molecule has 0 radical (unpaired) electrons. The normalized spacial score (nSPS) is 13.5. The van der Waals surface area contributed by atoms with Gasteiger partial charge in [-0.1, -0.05) is 19.9 Å². The Morgan fingerprint density at radius 1 is 1.22 bits per heavy atom. The molecule has 0 heterocycles. The number of aryl methyl sites for hydroxylation is 2. The van der Waals surface area contributed by atoms with E-state index in [-0.39, 0.29) is 0 Å². The minimum Gasteiger partial charge on any atom is -0.496 e. The Morgan fingerprint density at radius 2 is 1.78 bits per heavy atom. The van der Waals surface area contributed by atoms with Gasteiger partial charge in [-0.3, -0.25) is 0 Å². The first-order chi connectivity index (χ1) is 8.39. The molecule has 1 aromatic rings. The van der Waals surface area contributed by atoms with Crippen molar-refractivity contribution in [2.75, 3.05) is 7.11 Å². The maximum absolute atomic E-state index is 10.5. The van der Waals surface area contributed by atoms with Crippen molar-refractivity contribution in [1.29, 1.82) is 0 Å². The first-order valence-corrected chi connectivity index (χ1v) is 6.45. The lowest BCUT2D eigenvalue weighted by Crippen LogP contribution is -2.35. The molecule has 0 bridgehead atoms. The van der Waals surface area contributed by atoms with Gasteiger partial charge in [-0.15, -0.1) is 0 Å². The average Bonchev–Trinajstić information content (AvgIpc) is 2.36. The van der Waals surface area contributed by atoms with Crippen molar-refractivity contribution < 1.29 is 14.9 Å². The first-order valence-electron chi connectivity index (χ1n) is 6.45. The maximum Gasteiger partial charge on any atom is 0.125 e. The van der Waals surface area contributed by atoms with Gasteiger partial charge in [0.05, 0.1) is 12.7 Å². The van der Waals surface area contributed by atoms with E-state index in [2.05, 4.69) is 0 Å². The molecule has 1 atom stereocenters. The molecule has 0 aliphatic carbocycles. The second-order valence-electron chi connectivity index (χ2n) is 4.91. The quantitative estimate of drug-likeness (QED) is 0.847. The summed E-state index contributed by atoms with van der Waals surface area (Å²) in [5.74, 6) is 0.639. The predicted molar refractivity (Wildman–Crippen MR) is 73.0 cm³/mol. The van der Waals surface area contributed by atoms with E-state index in [0.29, 0.717) is 24.2 Å². The van der Waals surface area contributed by atoms with E-state index in [4.69, 9.17) is 4.74 Å². The van der Waals surface area contributed by atoms with Crippen LogP contribution in [0.1, 0.15) is 49.5 Å². The van der Waals surface area contributed by atoms with Crippen LogP contribution >= 0.6 is 0 Å². The molecule has 0 saturated carbocycles. The molecular formula is C15H24O3. The molecule has 18 heavy (non-hydrogen) atoms. The predicted octanol–water partition coefficient (Wildman–Crippen LogP) is 2.90. The largest absolute Gasteiger partial charge is 0.496 e. The van der Waals surface area contributed by atoms with Crippen LogP contribution < -0.4 is 4.74 Å². The van der Waals surface area contributed by atoms with Gasteiger partial charge >= 0.3 is 0 Å². The van der Waals surface area contributed by atoms with E-state index in [0.717, 1.165) is 11.1 Å². The third-order valence-corrected chi connectivity index (χ3v) is 3.72. The summed E-state index contributed by atoms with van der Waals surface area (Å²) in [7, 11) is 1.58.